The summed E-state index contributed by atoms with van der Waals surface area (Å²) in [6, 6.07) is 9.03. The van der Waals surface area contributed by atoms with Gasteiger partial charge in [-0.05, 0) is 0 Å². The number of aromatic nitrogens is 2. The molecule has 1 heterocycles. The van der Waals surface area contributed by atoms with Crippen molar-refractivity contribution in [1.82, 2.24) is 9.59 Å². The molecule has 2 aromatic rings. The monoisotopic (exact) mass is 326 g/mol. The van der Waals surface area contributed by atoms with Gasteiger partial charge in [0.1, 0.15) is 0 Å². The molecule has 7 heteroatoms. The van der Waals surface area contributed by atoms with Crippen LogP contribution < -0.4 is 5.73 Å². The van der Waals surface area contributed by atoms with Crippen LogP contribution in [0.3, 0.4) is 0 Å². The molecule has 0 saturated carbocycles. The molecule has 92 valence electrons. The average Bonchev–Trinajstić information content (AvgIpc) is 2.85. The molecule has 0 atom stereocenters. The Morgan fingerprint density at radius 3 is 2.78 bits per heavy atom. The number of benzene rings is 1. The van der Waals surface area contributed by atoms with Gasteiger partial charge < -0.3 is 0 Å². The first-order valence-corrected chi connectivity index (χ1v) is 7.90. The van der Waals surface area contributed by atoms with Crippen molar-refractivity contribution in [2.45, 2.75) is 5.32 Å². The van der Waals surface area contributed by atoms with E-state index in [-0.39, 0.29) is 25.5 Å². The fourth-order valence-corrected chi connectivity index (χ4v) is 3.23. The van der Waals surface area contributed by atoms with E-state index in [0.717, 1.165) is 11.5 Å². The van der Waals surface area contributed by atoms with Crippen LogP contribution in [0.25, 0.3) is 0 Å². The van der Waals surface area contributed by atoms with E-state index >= 15 is 0 Å². The van der Waals surface area contributed by atoms with Gasteiger partial charge >= 0.3 is 114 Å². The molecule has 0 aliphatic heterocycles. The number of amidine groups is 1. The summed E-state index contributed by atoms with van der Waals surface area (Å²) in [4.78, 5) is 12.8. The zero-order valence-electron chi connectivity index (χ0n) is 9.29. The zero-order valence-corrected chi connectivity index (χ0v) is 11.8. The van der Waals surface area contributed by atoms with Crippen molar-refractivity contribution in [2.24, 2.45) is 5.73 Å². The minimum atomic E-state index is -0.165. The second-order valence-electron chi connectivity index (χ2n) is 3.40. The Balaban J connectivity index is 2.21. The molecule has 0 bridgehead atoms. The predicted molar refractivity (Wildman–Crippen MR) is 71.2 cm³/mol. The molecule has 1 aromatic carbocycles. The normalized spacial score (nSPS) is 10.2. The summed E-state index contributed by atoms with van der Waals surface area (Å²) < 4.78 is 3.96. The molecule has 0 amide bonds. The van der Waals surface area contributed by atoms with Crippen molar-refractivity contribution in [3.63, 3.8) is 0 Å². The van der Waals surface area contributed by atoms with Crippen molar-refractivity contribution < 1.29 is 4.79 Å². The van der Waals surface area contributed by atoms with Crippen molar-refractivity contribution in [1.29, 1.82) is 5.41 Å². The number of nitrogens with zero attached hydrogens (tertiary/aromatic N) is 2. The topological polar surface area (TPSA) is 92.7 Å². The zero-order chi connectivity index (χ0) is 13.0. The van der Waals surface area contributed by atoms with Gasteiger partial charge in [-0.3, -0.25) is 0 Å². The van der Waals surface area contributed by atoms with E-state index < -0.39 is 0 Å². The SMILES string of the molecule is N=C(N)[Se]Cc1nnsc1C(=O)c1ccccc1. The molecule has 0 radical (unpaired) electrons. The van der Waals surface area contributed by atoms with Gasteiger partial charge in [0.2, 0.25) is 0 Å². The molecule has 0 saturated heterocycles. The Morgan fingerprint density at radius 2 is 2.11 bits per heavy atom. The Morgan fingerprint density at radius 1 is 1.39 bits per heavy atom. The average molecular weight is 325 g/mol. The van der Waals surface area contributed by atoms with Crippen LogP contribution in [0.15, 0.2) is 30.3 Å². The quantitative estimate of drug-likeness (QED) is 0.369. The maximum absolute atomic E-state index is 12.2. The standard InChI is InChI=1S/C11H10N4OSSe/c12-11(13)18-6-8-10(17-15-14-8)9(16)7-4-2-1-3-5-7/h1-5H,6H2,(H3,12,13). The first kappa shape index (κ1) is 12.9. The first-order chi connectivity index (χ1) is 8.68. The van der Waals surface area contributed by atoms with Crippen molar-refractivity contribution in [2.75, 3.05) is 0 Å². The van der Waals surface area contributed by atoms with E-state index in [0.29, 0.717) is 21.5 Å². The molecular formula is C11H10N4OSSe. The number of nitrogens with one attached hydrogen (secondary N) is 1. The van der Waals surface area contributed by atoms with Crippen LogP contribution in [0.1, 0.15) is 20.9 Å². The van der Waals surface area contributed by atoms with Gasteiger partial charge in [-0.2, -0.15) is 0 Å². The van der Waals surface area contributed by atoms with Crippen molar-refractivity contribution in [3.05, 3.63) is 46.5 Å². The second kappa shape index (κ2) is 5.86. The molecule has 1 aromatic heterocycles. The van der Waals surface area contributed by atoms with Gasteiger partial charge in [-0.15, -0.1) is 0 Å². The van der Waals surface area contributed by atoms with Crippen LogP contribution in [0.2, 0.25) is 0 Å². The molecule has 0 unspecified atom stereocenters. The number of carbonyl (C=O) groups is 1. The summed E-state index contributed by atoms with van der Waals surface area (Å²) in [5.74, 6) is -0.0695. The van der Waals surface area contributed by atoms with Crippen LogP contribution in [0.4, 0.5) is 0 Å². The van der Waals surface area contributed by atoms with Crippen LogP contribution in [0, 0.1) is 5.41 Å². The molecule has 0 aliphatic carbocycles. The number of hydrogen-bond acceptors (Lipinski definition) is 5. The fourth-order valence-electron chi connectivity index (χ4n) is 1.34. The van der Waals surface area contributed by atoms with Crippen LogP contribution in [-0.2, 0) is 5.32 Å². The molecule has 0 aliphatic rings. The minimum absolute atomic E-state index is 0.0695. The summed E-state index contributed by atoms with van der Waals surface area (Å²) >= 11 is 0.927. The number of ketones is 1. The van der Waals surface area contributed by atoms with E-state index in [9.17, 15) is 4.79 Å². The number of rotatable bonds is 5. The third-order valence-corrected chi connectivity index (χ3v) is 4.46. The molecule has 3 N–H and O–H groups in total. The number of nitrogens with two attached hydrogens (primary N) is 1. The summed E-state index contributed by atoms with van der Waals surface area (Å²) in [7, 11) is 0. The molecule has 0 fully saturated rings. The Bertz CT molecular complexity index is 569. The Kier molecular flexibility index (Phi) is 4.19. The number of carbonyl (C=O) groups excluding carboxylic acids is 1. The van der Waals surface area contributed by atoms with Gasteiger partial charge in [0.15, 0.2) is 0 Å². The van der Waals surface area contributed by atoms with Crippen molar-refractivity contribution in [3.8, 4) is 0 Å². The summed E-state index contributed by atoms with van der Waals surface area (Å²) in [6.07, 6.45) is 0. The van der Waals surface area contributed by atoms with E-state index in [4.69, 9.17) is 11.1 Å². The van der Waals surface area contributed by atoms with Crippen LogP contribution >= 0.6 is 11.5 Å². The van der Waals surface area contributed by atoms with E-state index in [1.807, 2.05) is 18.2 Å². The molecule has 2 rings (SSSR count). The Hall–Kier alpha value is -1.56. The van der Waals surface area contributed by atoms with E-state index in [1.165, 1.54) is 0 Å². The summed E-state index contributed by atoms with van der Waals surface area (Å²) in [5, 5.41) is 11.7. The van der Waals surface area contributed by atoms with E-state index in [1.54, 1.807) is 12.1 Å². The second-order valence-corrected chi connectivity index (χ2v) is 6.29. The van der Waals surface area contributed by atoms with E-state index in [2.05, 4.69) is 9.59 Å². The van der Waals surface area contributed by atoms with Crippen LogP contribution in [0.5, 0.6) is 0 Å². The maximum atomic E-state index is 12.2. The summed E-state index contributed by atoms with van der Waals surface area (Å²) in [5.41, 5.74) is 6.60. The van der Waals surface area contributed by atoms with Gasteiger partial charge in [0.25, 0.3) is 0 Å². The van der Waals surface area contributed by atoms with Crippen molar-refractivity contribution >= 4 is 37.0 Å². The molecule has 0 spiro atoms. The number of hydrogen-bond donors (Lipinski definition) is 2. The van der Waals surface area contributed by atoms with Gasteiger partial charge in [-0.1, -0.05) is 0 Å². The molecule has 18 heavy (non-hydrogen) atoms. The van der Waals surface area contributed by atoms with Gasteiger partial charge in [0.05, 0.1) is 0 Å². The third kappa shape index (κ3) is 3.01. The third-order valence-electron chi connectivity index (χ3n) is 2.16. The molecule has 5 nitrogen and oxygen atoms in total. The first-order valence-electron chi connectivity index (χ1n) is 5.06. The van der Waals surface area contributed by atoms with Gasteiger partial charge in [0, 0.05) is 0 Å². The summed E-state index contributed by atoms with van der Waals surface area (Å²) in [6.45, 7) is 0. The Labute approximate surface area is 114 Å². The predicted octanol–water partition coefficient (Wildman–Crippen LogP) is 0.867. The van der Waals surface area contributed by atoms with Crippen LogP contribution in [-0.4, -0.2) is 35.1 Å². The fraction of sp³-hybridized carbons (Fsp3) is 0.0909. The molecular weight excluding hydrogens is 315 g/mol. The van der Waals surface area contributed by atoms with Gasteiger partial charge in [-0.25, -0.2) is 0 Å².